The Morgan fingerprint density at radius 2 is 2.10 bits per heavy atom. The first-order chi connectivity index (χ1) is 9.40. The third kappa shape index (κ3) is 8.19. The molecule has 0 saturated carbocycles. The first kappa shape index (κ1) is 18.0. The SMILES string of the molecule is CNC(=O)COc1ccc(Cl)cc1Cl.N#CCC(=O)O. The van der Waals surface area contributed by atoms with Gasteiger partial charge in [-0.2, -0.15) is 5.26 Å². The van der Waals surface area contributed by atoms with Gasteiger partial charge in [0.05, 0.1) is 11.1 Å². The number of nitrogens with zero attached hydrogens (tertiary/aromatic N) is 1. The summed E-state index contributed by atoms with van der Waals surface area (Å²) in [5.74, 6) is -0.840. The summed E-state index contributed by atoms with van der Waals surface area (Å²) >= 11 is 11.5. The van der Waals surface area contributed by atoms with E-state index in [1.54, 1.807) is 18.2 Å². The highest BCUT2D eigenvalue weighted by atomic mass is 35.5. The zero-order chi connectivity index (χ0) is 15.5. The Morgan fingerprint density at radius 3 is 2.50 bits per heavy atom. The van der Waals surface area contributed by atoms with Crippen LogP contribution >= 0.6 is 23.2 Å². The van der Waals surface area contributed by atoms with Gasteiger partial charge in [0.25, 0.3) is 5.91 Å². The number of nitrogens with one attached hydrogen (secondary N) is 1. The second-order valence-electron chi connectivity index (χ2n) is 3.27. The van der Waals surface area contributed by atoms with Crippen LogP contribution in [0.25, 0.3) is 0 Å². The van der Waals surface area contributed by atoms with Gasteiger partial charge >= 0.3 is 5.97 Å². The number of benzene rings is 1. The molecule has 0 atom stereocenters. The smallest absolute Gasteiger partial charge is 0.317 e. The van der Waals surface area contributed by atoms with Crippen LogP contribution in [-0.4, -0.2) is 30.6 Å². The number of aliphatic carboxylic acids is 1. The Kier molecular flexibility index (Phi) is 8.92. The molecule has 0 bridgehead atoms. The number of carboxylic acids is 1. The number of halogens is 2. The largest absolute Gasteiger partial charge is 0.482 e. The van der Waals surface area contributed by atoms with Gasteiger partial charge in [-0.3, -0.25) is 9.59 Å². The molecule has 1 aromatic rings. The first-order valence-electron chi connectivity index (χ1n) is 5.27. The molecule has 0 heterocycles. The summed E-state index contributed by atoms with van der Waals surface area (Å²) < 4.78 is 5.14. The number of rotatable bonds is 4. The van der Waals surface area contributed by atoms with Crippen molar-refractivity contribution in [2.45, 2.75) is 6.42 Å². The summed E-state index contributed by atoms with van der Waals surface area (Å²) in [6.07, 6.45) is -0.403. The number of hydrogen-bond acceptors (Lipinski definition) is 4. The van der Waals surface area contributed by atoms with Gasteiger partial charge in [0.2, 0.25) is 0 Å². The number of nitriles is 1. The van der Waals surface area contributed by atoms with E-state index in [2.05, 4.69) is 5.32 Å². The van der Waals surface area contributed by atoms with E-state index >= 15 is 0 Å². The third-order valence-electron chi connectivity index (χ3n) is 1.76. The molecule has 0 unspecified atom stereocenters. The number of carbonyl (C=O) groups excluding carboxylic acids is 1. The molecular weight excluding hydrogens is 307 g/mol. The van der Waals surface area contributed by atoms with E-state index in [4.69, 9.17) is 38.3 Å². The van der Waals surface area contributed by atoms with Gasteiger partial charge in [0.1, 0.15) is 12.2 Å². The fraction of sp³-hybridized carbons (Fsp3) is 0.250. The molecule has 0 aliphatic rings. The first-order valence-corrected chi connectivity index (χ1v) is 6.03. The van der Waals surface area contributed by atoms with Gasteiger partial charge in [-0.15, -0.1) is 0 Å². The molecule has 1 aromatic carbocycles. The lowest BCUT2D eigenvalue weighted by atomic mass is 10.3. The zero-order valence-corrected chi connectivity index (χ0v) is 12.0. The summed E-state index contributed by atoms with van der Waals surface area (Å²) in [6, 6.07) is 6.29. The van der Waals surface area contributed by atoms with E-state index in [9.17, 15) is 9.59 Å². The normalized spacial score (nSPS) is 8.70. The molecule has 108 valence electrons. The third-order valence-corrected chi connectivity index (χ3v) is 2.29. The molecule has 1 rings (SSSR count). The Labute approximate surface area is 125 Å². The number of amides is 1. The Bertz CT molecular complexity index is 515. The standard InChI is InChI=1S/C9H9Cl2NO2.C3H3NO2/c1-12-9(13)5-14-8-3-2-6(10)4-7(8)11;4-2-1-3(5)6/h2-4H,5H2,1H3,(H,12,13);1H2,(H,5,6). The highest BCUT2D eigenvalue weighted by Crippen LogP contribution is 2.27. The van der Waals surface area contributed by atoms with Crippen molar-refractivity contribution in [1.29, 1.82) is 5.26 Å². The molecule has 0 radical (unpaired) electrons. The van der Waals surface area contributed by atoms with Gasteiger partial charge in [-0.25, -0.2) is 0 Å². The molecule has 0 aliphatic heterocycles. The van der Waals surface area contributed by atoms with Crippen LogP contribution in [0.1, 0.15) is 6.42 Å². The van der Waals surface area contributed by atoms with E-state index in [1.807, 2.05) is 0 Å². The van der Waals surface area contributed by atoms with Crippen LogP contribution in [0.2, 0.25) is 10.0 Å². The molecule has 0 aliphatic carbocycles. The quantitative estimate of drug-likeness (QED) is 0.885. The van der Waals surface area contributed by atoms with Gasteiger partial charge in [-0.1, -0.05) is 23.2 Å². The zero-order valence-electron chi connectivity index (χ0n) is 10.5. The fourth-order valence-electron chi connectivity index (χ4n) is 0.875. The summed E-state index contributed by atoms with van der Waals surface area (Å²) in [7, 11) is 1.54. The summed E-state index contributed by atoms with van der Waals surface area (Å²) in [5, 5.41) is 18.6. The highest BCUT2D eigenvalue weighted by Gasteiger charge is 2.04. The Balaban J connectivity index is 0.000000511. The van der Waals surface area contributed by atoms with Crippen molar-refractivity contribution in [3.63, 3.8) is 0 Å². The minimum absolute atomic E-state index is 0.0577. The number of carbonyl (C=O) groups is 2. The minimum atomic E-state index is -1.07. The van der Waals surface area contributed by atoms with Crippen molar-refractivity contribution in [2.75, 3.05) is 13.7 Å². The molecule has 1 amide bonds. The lowest BCUT2D eigenvalue weighted by Crippen LogP contribution is -2.24. The molecule has 0 spiro atoms. The maximum Gasteiger partial charge on any atom is 0.317 e. The Hall–Kier alpha value is -1.97. The number of ether oxygens (including phenoxy) is 1. The number of carboxylic acid groups (broad SMARTS) is 1. The van der Waals surface area contributed by atoms with Crippen LogP contribution in [0.3, 0.4) is 0 Å². The molecule has 2 N–H and O–H groups in total. The van der Waals surface area contributed by atoms with Crippen molar-refractivity contribution in [3.05, 3.63) is 28.2 Å². The predicted molar refractivity (Wildman–Crippen MR) is 73.9 cm³/mol. The van der Waals surface area contributed by atoms with Crippen LogP contribution in [0, 0.1) is 11.3 Å². The lowest BCUT2D eigenvalue weighted by molar-refractivity contribution is -0.135. The van der Waals surface area contributed by atoms with E-state index in [1.165, 1.54) is 13.1 Å². The molecule has 6 nitrogen and oxygen atoms in total. The van der Waals surface area contributed by atoms with Crippen LogP contribution in [0.15, 0.2) is 18.2 Å². The second kappa shape index (κ2) is 9.89. The minimum Gasteiger partial charge on any atom is -0.482 e. The van der Waals surface area contributed by atoms with E-state index in [-0.39, 0.29) is 12.5 Å². The molecule has 0 saturated heterocycles. The van der Waals surface area contributed by atoms with Gasteiger partial charge in [-0.05, 0) is 18.2 Å². The fourth-order valence-corrected chi connectivity index (χ4v) is 1.34. The van der Waals surface area contributed by atoms with Gasteiger partial charge in [0, 0.05) is 12.1 Å². The van der Waals surface area contributed by atoms with Crippen molar-refractivity contribution >= 4 is 35.1 Å². The monoisotopic (exact) mass is 318 g/mol. The summed E-state index contributed by atoms with van der Waals surface area (Å²) in [5.41, 5.74) is 0. The van der Waals surface area contributed by atoms with Crippen LogP contribution in [0.4, 0.5) is 0 Å². The second-order valence-corrected chi connectivity index (χ2v) is 4.11. The molecule has 20 heavy (non-hydrogen) atoms. The molecule has 8 heteroatoms. The van der Waals surface area contributed by atoms with E-state index in [0.29, 0.717) is 15.8 Å². The van der Waals surface area contributed by atoms with Crippen LogP contribution in [0.5, 0.6) is 5.75 Å². The maximum absolute atomic E-state index is 10.9. The highest BCUT2D eigenvalue weighted by molar-refractivity contribution is 6.35. The van der Waals surface area contributed by atoms with Crippen LogP contribution in [-0.2, 0) is 9.59 Å². The predicted octanol–water partition coefficient (Wildman–Crippen LogP) is 2.10. The lowest BCUT2D eigenvalue weighted by Gasteiger charge is -2.06. The van der Waals surface area contributed by atoms with Gasteiger partial charge in [0.15, 0.2) is 6.61 Å². The topological polar surface area (TPSA) is 99.4 Å². The number of likely N-dealkylation sites (N-methyl/N-ethyl adjacent to an activating group) is 1. The van der Waals surface area contributed by atoms with Crippen molar-refractivity contribution in [2.24, 2.45) is 0 Å². The average molecular weight is 319 g/mol. The summed E-state index contributed by atoms with van der Waals surface area (Å²) in [4.78, 5) is 20.2. The number of hydrogen-bond donors (Lipinski definition) is 2. The molecular formula is C12H12Cl2N2O4. The molecule has 0 aromatic heterocycles. The van der Waals surface area contributed by atoms with Crippen LogP contribution < -0.4 is 10.1 Å². The Morgan fingerprint density at radius 1 is 1.45 bits per heavy atom. The van der Waals surface area contributed by atoms with E-state index in [0.717, 1.165) is 0 Å². The van der Waals surface area contributed by atoms with E-state index < -0.39 is 12.4 Å². The average Bonchev–Trinajstić information content (AvgIpc) is 2.38. The van der Waals surface area contributed by atoms with Crippen molar-refractivity contribution < 1.29 is 19.4 Å². The van der Waals surface area contributed by atoms with Crippen molar-refractivity contribution in [3.8, 4) is 11.8 Å². The summed E-state index contributed by atoms with van der Waals surface area (Å²) in [6.45, 7) is -0.0577. The van der Waals surface area contributed by atoms with Gasteiger partial charge < -0.3 is 15.2 Å². The maximum atomic E-state index is 10.9. The molecule has 0 fully saturated rings. The van der Waals surface area contributed by atoms with Crippen molar-refractivity contribution in [1.82, 2.24) is 5.32 Å².